The predicted octanol–water partition coefficient (Wildman–Crippen LogP) is 3.15. The molecular weight excluding hydrogens is 314 g/mol. The molecule has 0 bridgehead atoms. The SMILES string of the molecule is CC(C)N1C(=O)CN(C(=O)c2cccc(N(C)C)c2)c2ccccc21. The number of carbonyl (C=O) groups is 2. The van der Waals surface area contributed by atoms with Crippen molar-refractivity contribution in [1.29, 1.82) is 0 Å². The third-order valence-electron chi connectivity index (χ3n) is 4.37. The van der Waals surface area contributed by atoms with Gasteiger partial charge < -0.3 is 9.80 Å². The van der Waals surface area contributed by atoms with Crippen LogP contribution in [0.5, 0.6) is 0 Å². The molecule has 0 saturated carbocycles. The van der Waals surface area contributed by atoms with Gasteiger partial charge in [-0.25, -0.2) is 0 Å². The van der Waals surface area contributed by atoms with Crippen LogP contribution in [0.2, 0.25) is 0 Å². The highest BCUT2D eigenvalue weighted by atomic mass is 16.2. The van der Waals surface area contributed by atoms with Crippen molar-refractivity contribution in [1.82, 2.24) is 0 Å². The smallest absolute Gasteiger partial charge is 0.258 e. The van der Waals surface area contributed by atoms with E-state index in [0.717, 1.165) is 17.1 Å². The Hall–Kier alpha value is -2.82. The van der Waals surface area contributed by atoms with E-state index in [1.807, 2.05) is 75.3 Å². The molecule has 2 aromatic carbocycles. The number of anilines is 3. The van der Waals surface area contributed by atoms with Crippen molar-refractivity contribution in [3.8, 4) is 0 Å². The zero-order valence-electron chi connectivity index (χ0n) is 15.1. The lowest BCUT2D eigenvalue weighted by molar-refractivity contribution is -0.117. The van der Waals surface area contributed by atoms with Crippen molar-refractivity contribution < 1.29 is 9.59 Å². The van der Waals surface area contributed by atoms with Gasteiger partial charge in [0.25, 0.3) is 5.91 Å². The van der Waals surface area contributed by atoms with Gasteiger partial charge in [0, 0.05) is 31.4 Å². The topological polar surface area (TPSA) is 43.9 Å². The normalized spacial score (nSPS) is 13.9. The molecule has 1 aliphatic heterocycles. The molecule has 0 radical (unpaired) electrons. The lowest BCUT2D eigenvalue weighted by Crippen LogP contribution is -2.50. The van der Waals surface area contributed by atoms with Crippen LogP contribution in [0.4, 0.5) is 17.1 Å². The van der Waals surface area contributed by atoms with Crippen molar-refractivity contribution in [3.63, 3.8) is 0 Å². The predicted molar refractivity (Wildman–Crippen MR) is 102 cm³/mol. The van der Waals surface area contributed by atoms with Crippen molar-refractivity contribution in [2.75, 3.05) is 35.3 Å². The van der Waals surface area contributed by atoms with Gasteiger partial charge in [-0.3, -0.25) is 14.5 Å². The van der Waals surface area contributed by atoms with Gasteiger partial charge >= 0.3 is 0 Å². The van der Waals surface area contributed by atoms with E-state index >= 15 is 0 Å². The first kappa shape index (κ1) is 17.0. The molecule has 0 saturated heterocycles. The Morgan fingerprint density at radius 2 is 1.72 bits per heavy atom. The molecular formula is C20H23N3O2. The molecule has 0 fully saturated rings. The van der Waals surface area contributed by atoms with Crippen molar-refractivity contribution in [3.05, 3.63) is 54.1 Å². The van der Waals surface area contributed by atoms with E-state index in [4.69, 9.17) is 0 Å². The summed E-state index contributed by atoms with van der Waals surface area (Å²) in [7, 11) is 3.87. The van der Waals surface area contributed by atoms with Crippen LogP contribution in [0.15, 0.2) is 48.5 Å². The first-order valence-corrected chi connectivity index (χ1v) is 8.40. The number of para-hydroxylation sites is 2. The summed E-state index contributed by atoms with van der Waals surface area (Å²) in [6.07, 6.45) is 0. The fraction of sp³-hybridized carbons (Fsp3) is 0.300. The molecule has 5 heteroatoms. The molecule has 5 nitrogen and oxygen atoms in total. The number of amides is 2. The maximum absolute atomic E-state index is 13.1. The van der Waals surface area contributed by atoms with E-state index in [1.54, 1.807) is 15.9 Å². The minimum atomic E-state index is -0.159. The summed E-state index contributed by atoms with van der Waals surface area (Å²) in [6.45, 7) is 4.01. The molecule has 1 aliphatic rings. The second-order valence-electron chi connectivity index (χ2n) is 6.68. The van der Waals surface area contributed by atoms with Crippen molar-refractivity contribution in [2.24, 2.45) is 0 Å². The van der Waals surface area contributed by atoms with Crippen LogP contribution in [-0.4, -0.2) is 38.5 Å². The number of rotatable bonds is 3. The van der Waals surface area contributed by atoms with E-state index in [1.165, 1.54) is 0 Å². The highest BCUT2D eigenvalue weighted by Crippen LogP contribution is 2.35. The summed E-state index contributed by atoms with van der Waals surface area (Å²) in [5, 5.41) is 0. The van der Waals surface area contributed by atoms with Gasteiger partial charge in [0.1, 0.15) is 6.54 Å². The largest absolute Gasteiger partial charge is 0.378 e. The van der Waals surface area contributed by atoms with Crippen LogP contribution >= 0.6 is 0 Å². The fourth-order valence-corrected chi connectivity index (χ4v) is 3.15. The van der Waals surface area contributed by atoms with E-state index in [2.05, 4.69) is 0 Å². The maximum Gasteiger partial charge on any atom is 0.258 e. The number of nitrogens with zero attached hydrogens (tertiary/aromatic N) is 3. The van der Waals surface area contributed by atoms with Crippen LogP contribution in [0.1, 0.15) is 24.2 Å². The Bertz CT molecular complexity index is 814. The third-order valence-corrected chi connectivity index (χ3v) is 4.37. The number of hydrogen-bond donors (Lipinski definition) is 0. The first-order chi connectivity index (χ1) is 11.9. The average molecular weight is 337 g/mol. The van der Waals surface area contributed by atoms with Crippen LogP contribution in [0, 0.1) is 0 Å². The van der Waals surface area contributed by atoms with E-state index < -0.39 is 0 Å². The molecule has 0 spiro atoms. The zero-order chi connectivity index (χ0) is 18.1. The zero-order valence-corrected chi connectivity index (χ0v) is 15.1. The maximum atomic E-state index is 13.1. The summed E-state index contributed by atoms with van der Waals surface area (Å²) in [5.41, 5.74) is 3.08. The van der Waals surface area contributed by atoms with E-state index in [9.17, 15) is 9.59 Å². The van der Waals surface area contributed by atoms with Crippen LogP contribution in [0.25, 0.3) is 0 Å². The summed E-state index contributed by atoms with van der Waals surface area (Å²) >= 11 is 0. The Kier molecular flexibility index (Phi) is 4.49. The molecule has 2 aromatic rings. The number of hydrogen-bond acceptors (Lipinski definition) is 3. The Morgan fingerprint density at radius 1 is 1.04 bits per heavy atom. The van der Waals surface area contributed by atoms with Gasteiger partial charge in [0.2, 0.25) is 5.91 Å². The molecule has 0 atom stereocenters. The van der Waals surface area contributed by atoms with Crippen LogP contribution in [0.3, 0.4) is 0 Å². The monoisotopic (exact) mass is 337 g/mol. The van der Waals surface area contributed by atoms with E-state index in [0.29, 0.717) is 5.56 Å². The molecule has 0 N–H and O–H groups in total. The Balaban J connectivity index is 2.03. The molecule has 1 heterocycles. The highest BCUT2D eigenvalue weighted by Gasteiger charge is 2.34. The number of carbonyl (C=O) groups excluding carboxylic acids is 2. The van der Waals surface area contributed by atoms with E-state index in [-0.39, 0.29) is 24.4 Å². The summed E-state index contributed by atoms with van der Waals surface area (Å²) in [4.78, 5) is 31.0. The molecule has 2 amide bonds. The van der Waals surface area contributed by atoms with Gasteiger partial charge in [0.05, 0.1) is 11.4 Å². The molecule has 0 aliphatic carbocycles. The van der Waals surface area contributed by atoms with Gasteiger partial charge in [-0.05, 0) is 44.2 Å². The Morgan fingerprint density at radius 3 is 2.36 bits per heavy atom. The van der Waals surface area contributed by atoms with Gasteiger partial charge in [0.15, 0.2) is 0 Å². The molecule has 0 aromatic heterocycles. The lowest BCUT2D eigenvalue weighted by Gasteiger charge is -2.38. The minimum absolute atomic E-state index is 0.0444. The summed E-state index contributed by atoms with van der Waals surface area (Å²) in [6, 6.07) is 15.1. The standard InChI is InChI=1S/C20H23N3O2/c1-14(2)23-18-11-6-5-10-17(18)22(13-19(23)24)20(25)15-8-7-9-16(12-15)21(3)4/h5-12,14H,13H2,1-4H3. The average Bonchev–Trinajstić information content (AvgIpc) is 2.60. The third kappa shape index (κ3) is 3.09. The lowest BCUT2D eigenvalue weighted by atomic mass is 10.1. The molecule has 130 valence electrons. The molecule has 25 heavy (non-hydrogen) atoms. The van der Waals surface area contributed by atoms with Gasteiger partial charge in [-0.2, -0.15) is 0 Å². The van der Waals surface area contributed by atoms with Gasteiger partial charge in [-0.1, -0.05) is 18.2 Å². The van der Waals surface area contributed by atoms with Crippen molar-refractivity contribution in [2.45, 2.75) is 19.9 Å². The first-order valence-electron chi connectivity index (χ1n) is 8.40. The quantitative estimate of drug-likeness (QED) is 0.864. The minimum Gasteiger partial charge on any atom is -0.378 e. The van der Waals surface area contributed by atoms with Crippen LogP contribution < -0.4 is 14.7 Å². The molecule has 3 rings (SSSR count). The molecule has 0 unspecified atom stereocenters. The number of fused-ring (bicyclic) bond motifs is 1. The van der Waals surface area contributed by atoms with Crippen molar-refractivity contribution >= 4 is 28.9 Å². The highest BCUT2D eigenvalue weighted by molar-refractivity contribution is 6.16. The Labute approximate surface area is 148 Å². The van der Waals surface area contributed by atoms with Crippen LogP contribution in [-0.2, 0) is 4.79 Å². The second kappa shape index (κ2) is 6.59. The summed E-state index contributed by atoms with van der Waals surface area (Å²) in [5.74, 6) is -0.223. The second-order valence-corrected chi connectivity index (χ2v) is 6.68. The van der Waals surface area contributed by atoms with Gasteiger partial charge in [-0.15, -0.1) is 0 Å². The number of benzene rings is 2. The fourth-order valence-electron chi connectivity index (χ4n) is 3.15. The summed E-state index contributed by atoms with van der Waals surface area (Å²) < 4.78 is 0.